The molecule has 0 aliphatic rings. The third kappa shape index (κ3) is 4.85. The quantitative estimate of drug-likeness (QED) is 0.715. The zero-order valence-electron chi connectivity index (χ0n) is 13.6. The molecule has 9 heteroatoms. The number of methoxy groups -OCH3 is 1. The number of sulfonamides is 1. The van der Waals surface area contributed by atoms with E-state index in [2.05, 4.69) is 5.43 Å². The van der Waals surface area contributed by atoms with E-state index in [4.69, 9.17) is 21.1 Å². The van der Waals surface area contributed by atoms with Crippen LogP contribution in [0.4, 0.5) is 0 Å². The number of nitrogens with one attached hydrogen (secondary N) is 2. The number of hydrazine groups is 1. The Morgan fingerprint density at radius 3 is 2.40 bits per heavy atom. The van der Waals surface area contributed by atoms with Gasteiger partial charge in [0.1, 0.15) is 0 Å². The molecule has 7 nitrogen and oxygen atoms in total. The zero-order chi connectivity index (χ0) is 18.4. The largest absolute Gasteiger partial charge is 0.493 e. The highest BCUT2D eigenvalue weighted by Crippen LogP contribution is 2.27. The molecule has 0 atom stereocenters. The Bertz CT molecular complexity index is 853. The van der Waals surface area contributed by atoms with E-state index in [1.54, 1.807) is 6.07 Å². The Labute approximate surface area is 150 Å². The maximum Gasteiger partial charge on any atom is 0.266 e. The van der Waals surface area contributed by atoms with Crippen molar-refractivity contribution in [2.45, 2.75) is 11.8 Å². The molecule has 0 saturated heterocycles. The monoisotopic (exact) mass is 384 g/mol. The molecule has 2 aromatic rings. The molecule has 0 radical (unpaired) electrons. The summed E-state index contributed by atoms with van der Waals surface area (Å²) in [6.45, 7) is 2.27. The van der Waals surface area contributed by atoms with Gasteiger partial charge in [-0.05, 0) is 49.4 Å². The summed E-state index contributed by atoms with van der Waals surface area (Å²) >= 11 is 5.73. The minimum absolute atomic E-state index is 0.0264. The van der Waals surface area contributed by atoms with Crippen molar-refractivity contribution in [2.75, 3.05) is 13.7 Å². The number of benzene rings is 2. The lowest BCUT2D eigenvalue weighted by molar-refractivity contribution is 0.0944. The van der Waals surface area contributed by atoms with E-state index in [1.165, 1.54) is 43.5 Å². The fraction of sp³-hybridized carbons (Fsp3) is 0.188. The van der Waals surface area contributed by atoms with Crippen LogP contribution in [0.25, 0.3) is 0 Å². The van der Waals surface area contributed by atoms with Gasteiger partial charge in [-0.1, -0.05) is 11.6 Å². The second-order valence-electron chi connectivity index (χ2n) is 4.81. The van der Waals surface area contributed by atoms with Crippen LogP contribution in [-0.4, -0.2) is 28.0 Å². The van der Waals surface area contributed by atoms with Crippen molar-refractivity contribution in [3.05, 3.63) is 53.1 Å². The first-order chi connectivity index (χ1) is 11.9. The highest BCUT2D eigenvalue weighted by atomic mass is 35.5. The van der Waals surface area contributed by atoms with Crippen LogP contribution in [0.15, 0.2) is 47.4 Å². The SMILES string of the molecule is CCOc1ccc(C(=O)NNS(=O)(=O)c2ccc(Cl)cc2)cc1OC. The second-order valence-corrected chi connectivity index (χ2v) is 6.93. The molecular formula is C16H17ClN2O5S. The van der Waals surface area contributed by atoms with Crippen LogP contribution in [0.2, 0.25) is 5.02 Å². The van der Waals surface area contributed by atoms with Gasteiger partial charge in [-0.25, -0.2) is 8.42 Å². The predicted molar refractivity (Wildman–Crippen MR) is 93.4 cm³/mol. The van der Waals surface area contributed by atoms with Crippen LogP contribution in [0.5, 0.6) is 11.5 Å². The number of hydrogen-bond acceptors (Lipinski definition) is 5. The van der Waals surface area contributed by atoms with Crippen molar-refractivity contribution >= 4 is 27.5 Å². The molecule has 25 heavy (non-hydrogen) atoms. The number of halogens is 1. The molecular weight excluding hydrogens is 368 g/mol. The smallest absolute Gasteiger partial charge is 0.266 e. The number of hydrogen-bond donors (Lipinski definition) is 2. The highest BCUT2D eigenvalue weighted by molar-refractivity contribution is 7.89. The van der Waals surface area contributed by atoms with Gasteiger partial charge in [0.2, 0.25) is 0 Å². The van der Waals surface area contributed by atoms with Gasteiger partial charge in [-0.3, -0.25) is 10.2 Å². The molecule has 2 rings (SSSR count). The minimum Gasteiger partial charge on any atom is -0.493 e. The summed E-state index contributed by atoms with van der Waals surface area (Å²) in [6, 6.07) is 10.1. The van der Waals surface area contributed by atoms with E-state index in [0.29, 0.717) is 23.1 Å². The summed E-state index contributed by atoms with van der Waals surface area (Å²) in [7, 11) is -2.46. The Kier molecular flexibility index (Phi) is 6.24. The lowest BCUT2D eigenvalue weighted by atomic mass is 10.2. The van der Waals surface area contributed by atoms with E-state index < -0.39 is 15.9 Å². The van der Waals surface area contributed by atoms with Gasteiger partial charge in [-0.2, -0.15) is 0 Å². The van der Waals surface area contributed by atoms with Gasteiger partial charge in [0.05, 0.1) is 18.6 Å². The molecule has 1 amide bonds. The molecule has 0 bridgehead atoms. The van der Waals surface area contributed by atoms with Crippen LogP contribution < -0.4 is 19.7 Å². The first-order valence-corrected chi connectivity index (χ1v) is 9.12. The standard InChI is InChI=1S/C16H17ClN2O5S/c1-3-24-14-9-4-11(10-15(14)23-2)16(20)18-19-25(21,22)13-7-5-12(17)6-8-13/h4-10,19H,3H2,1-2H3,(H,18,20). The van der Waals surface area contributed by atoms with E-state index in [9.17, 15) is 13.2 Å². The fourth-order valence-corrected chi connectivity index (χ4v) is 2.91. The molecule has 0 aliphatic heterocycles. The molecule has 134 valence electrons. The molecule has 0 unspecified atom stereocenters. The maximum atomic E-state index is 12.2. The van der Waals surface area contributed by atoms with E-state index in [0.717, 1.165) is 0 Å². The van der Waals surface area contributed by atoms with Crippen molar-refractivity contribution < 1.29 is 22.7 Å². The average molecular weight is 385 g/mol. The van der Waals surface area contributed by atoms with Crippen LogP contribution in [0.1, 0.15) is 17.3 Å². The van der Waals surface area contributed by atoms with Crippen molar-refractivity contribution in [1.29, 1.82) is 0 Å². The number of carbonyl (C=O) groups is 1. The Morgan fingerprint density at radius 1 is 1.12 bits per heavy atom. The lowest BCUT2D eigenvalue weighted by Crippen LogP contribution is -2.41. The lowest BCUT2D eigenvalue weighted by Gasteiger charge is -2.12. The summed E-state index contributed by atoms with van der Waals surface area (Å²) in [5.41, 5.74) is 2.36. The highest BCUT2D eigenvalue weighted by Gasteiger charge is 2.16. The predicted octanol–water partition coefficient (Wildman–Crippen LogP) is 2.37. The molecule has 0 aliphatic carbocycles. The Morgan fingerprint density at radius 2 is 1.80 bits per heavy atom. The summed E-state index contributed by atoms with van der Waals surface area (Å²) < 4.78 is 34.8. The Balaban J connectivity index is 2.10. The molecule has 0 aromatic heterocycles. The van der Waals surface area contributed by atoms with Crippen LogP contribution in [0, 0.1) is 0 Å². The van der Waals surface area contributed by atoms with E-state index in [1.807, 2.05) is 11.8 Å². The maximum absolute atomic E-state index is 12.2. The number of rotatable bonds is 7. The summed E-state index contributed by atoms with van der Waals surface area (Å²) in [4.78, 5) is 14.2. The Hall–Kier alpha value is -2.29. The average Bonchev–Trinajstić information content (AvgIpc) is 2.60. The van der Waals surface area contributed by atoms with Gasteiger partial charge in [0.25, 0.3) is 15.9 Å². The van der Waals surface area contributed by atoms with Crippen LogP contribution in [-0.2, 0) is 10.0 Å². The number of carbonyl (C=O) groups excluding carboxylic acids is 1. The molecule has 0 spiro atoms. The molecule has 2 N–H and O–H groups in total. The minimum atomic E-state index is -3.91. The first-order valence-electron chi connectivity index (χ1n) is 7.26. The van der Waals surface area contributed by atoms with Crippen molar-refractivity contribution in [3.8, 4) is 11.5 Å². The number of amides is 1. The van der Waals surface area contributed by atoms with Gasteiger partial charge in [-0.15, -0.1) is 4.83 Å². The zero-order valence-corrected chi connectivity index (χ0v) is 15.1. The normalized spacial score (nSPS) is 11.0. The topological polar surface area (TPSA) is 93.7 Å². The third-order valence-corrected chi connectivity index (χ3v) is 4.66. The van der Waals surface area contributed by atoms with Gasteiger partial charge >= 0.3 is 0 Å². The summed E-state index contributed by atoms with van der Waals surface area (Å²) in [5.74, 6) is 0.220. The molecule has 2 aromatic carbocycles. The second kappa shape index (κ2) is 8.19. The summed E-state index contributed by atoms with van der Waals surface area (Å²) in [5, 5.41) is 0.407. The van der Waals surface area contributed by atoms with E-state index in [-0.39, 0.29) is 10.5 Å². The van der Waals surface area contributed by atoms with Gasteiger partial charge < -0.3 is 9.47 Å². The molecule has 0 heterocycles. The fourth-order valence-electron chi connectivity index (χ4n) is 1.94. The van der Waals surface area contributed by atoms with Crippen LogP contribution in [0.3, 0.4) is 0 Å². The summed E-state index contributed by atoms with van der Waals surface area (Å²) in [6.07, 6.45) is 0. The van der Waals surface area contributed by atoms with Gasteiger partial charge in [0.15, 0.2) is 11.5 Å². The number of ether oxygens (including phenoxy) is 2. The van der Waals surface area contributed by atoms with Crippen molar-refractivity contribution in [2.24, 2.45) is 0 Å². The van der Waals surface area contributed by atoms with Gasteiger partial charge in [0, 0.05) is 10.6 Å². The molecule has 0 saturated carbocycles. The molecule has 0 fully saturated rings. The van der Waals surface area contributed by atoms with Crippen LogP contribution >= 0.6 is 11.6 Å². The first kappa shape index (κ1) is 19.0. The third-order valence-electron chi connectivity index (χ3n) is 3.15. The van der Waals surface area contributed by atoms with E-state index >= 15 is 0 Å². The van der Waals surface area contributed by atoms with Crippen molar-refractivity contribution in [3.63, 3.8) is 0 Å². The van der Waals surface area contributed by atoms with Crippen molar-refractivity contribution in [1.82, 2.24) is 10.3 Å².